The minimum atomic E-state index is -0.480. The Hall–Kier alpha value is -2.94. The van der Waals surface area contributed by atoms with Crippen LogP contribution in [0.1, 0.15) is 53.4 Å². The minimum absolute atomic E-state index is 0.0384. The Kier molecular flexibility index (Phi) is 8.79. The highest BCUT2D eigenvalue weighted by Crippen LogP contribution is 2.23. The molecule has 0 saturated heterocycles. The Morgan fingerprint density at radius 2 is 1.90 bits per heavy atom. The van der Waals surface area contributed by atoms with Gasteiger partial charge in [-0.3, -0.25) is 9.59 Å². The molecular weight excluding hydrogens is 400 g/mol. The molecule has 2 rings (SSSR count). The van der Waals surface area contributed by atoms with Gasteiger partial charge in [0.05, 0.1) is 16.9 Å². The summed E-state index contributed by atoms with van der Waals surface area (Å²) in [6.07, 6.45) is 5.85. The van der Waals surface area contributed by atoms with E-state index in [0.29, 0.717) is 17.2 Å². The summed E-state index contributed by atoms with van der Waals surface area (Å²) in [5.41, 5.74) is 18.1. The van der Waals surface area contributed by atoms with Gasteiger partial charge in [0.25, 0.3) is 5.91 Å². The SMILES string of the molecule is CCC(CCc1ccc(N=C(N)N)cc1)CC(Cc1ncc(C(N)=O)s1)NC(C)=O. The molecule has 30 heavy (non-hydrogen) atoms. The van der Waals surface area contributed by atoms with E-state index in [1.807, 2.05) is 24.3 Å². The monoisotopic (exact) mass is 430 g/mol. The molecule has 0 aliphatic rings. The van der Waals surface area contributed by atoms with Gasteiger partial charge in [-0.15, -0.1) is 11.3 Å². The number of aryl methyl sites for hydroxylation is 1. The van der Waals surface area contributed by atoms with Gasteiger partial charge in [0, 0.05) is 19.4 Å². The quantitative estimate of drug-likeness (QED) is 0.318. The maximum atomic E-state index is 11.7. The molecule has 7 N–H and O–H groups in total. The highest BCUT2D eigenvalue weighted by atomic mass is 32.1. The van der Waals surface area contributed by atoms with E-state index in [-0.39, 0.29) is 17.9 Å². The van der Waals surface area contributed by atoms with Gasteiger partial charge in [0.2, 0.25) is 5.91 Å². The van der Waals surface area contributed by atoms with E-state index < -0.39 is 5.91 Å². The van der Waals surface area contributed by atoms with Crippen molar-refractivity contribution in [2.45, 2.75) is 52.0 Å². The number of hydrogen-bond donors (Lipinski definition) is 4. The number of hydrogen-bond acceptors (Lipinski definition) is 5. The fraction of sp³-hybridized carbons (Fsp3) is 0.429. The first-order valence-electron chi connectivity index (χ1n) is 9.97. The number of rotatable bonds is 11. The predicted octanol–water partition coefficient (Wildman–Crippen LogP) is 2.24. The average Bonchev–Trinajstić information content (AvgIpc) is 3.14. The van der Waals surface area contributed by atoms with Crippen LogP contribution in [0.3, 0.4) is 0 Å². The van der Waals surface area contributed by atoms with Gasteiger partial charge < -0.3 is 22.5 Å². The zero-order valence-electron chi connectivity index (χ0n) is 17.4. The third-order valence-corrected chi connectivity index (χ3v) is 5.89. The van der Waals surface area contributed by atoms with E-state index in [0.717, 1.165) is 36.4 Å². The molecule has 0 aliphatic heterocycles. The molecule has 0 fully saturated rings. The fourth-order valence-electron chi connectivity index (χ4n) is 3.36. The van der Waals surface area contributed by atoms with E-state index in [4.69, 9.17) is 17.2 Å². The lowest BCUT2D eigenvalue weighted by Crippen LogP contribution is -2.36. The number of aromatic nitrogens is 1. The summed E-state index contributed by atoms with van der Waals surface area (Å²) in [6.45, 7) is 3.68. The molecule has 0 spiro atoms. The molecule has 2 unspecified atom stereocenters. The van der Waals surface area contributed by atoms with Gasteiger partial charge >= 0.3 is 0 Å². The number of primary amides is 1. The van der Waals surface area contributed by atoms with E-state index in [9.17, 15) is 9.59 Å². The third-order valence-electron chi connectivity index (χ3n) is 4.86. The number of nitrogens with two attached hydrogens (primary N) is 3. The Bertz CT molecular complexity index is 874. The van der Waals surface area contributed by atoms with Crippen LogP contribution in [0.15, 0.2) is 35.5 Å². The number of thiazole rings is 1. The Labute approximate surface area is 181 Å². The van der Waals surface area contributed by atoms with Crippen LogP contribution in [0.5, 0.6) is 0 Å². The van der Waals surface area contributed by atoms with E-state index in [2.05, 4.69) is 22.2 Å². The molecule has 9 heteroatoms. The standard InChI is InChI=1S/C21H30N6O2S/c1-3-14(4-5-15-6-8-16(9-7-15)27-21(23)24)10-17(26-13(2)28)11-19-25-12-18(30-19)20(22)29/h6-9,12,14,17H,3-5,10-11H2,1-2H3,(H2,22,29)(H,26,28)(H4,23,24,27). The first-order valence-corrected chi connectivity index (χ1v) is 10.8. The lowest BCUT2D eigenvalue weighted by Gasteiger charge is -2.23. The third kappa shape index (κ3) is 7.82. The van der Waals surface area contributed by atoms with Crippen molar-refractivity contribution in [1.29, 1.82) is 0 Å². The summed E-state index contributed by atoms with van der Waals surface area (Å²) >= 11 is 1.28. The number of carbonyl (C=O) groups is 2. The number of carbonyl (C=O) groups excluding carboxylic acids is 2. The summed E-state index contributed by atoms with van der Waals surface area (Å²) in [5, 5.41) is 3.83. The maximum absolute atomic E-state index is 11.7. The van der Waals surface area contributed by atoms with Gasteiger partial charge in [-0.25, -0.2) is 9.98 Å². The molecule has 0 aliphatic carbocycles. The number of nitrogens with one attached hydrogen (secondary N) is 1. The van der Waals surface area contributed by atoms with Gasteiger partial charge in [-0.2, -0.15) is 0 Å². The Morgan fingerprint density at radius 1 is 1.20 bits per heavy atom. The van der Waals surface area contributed by atoms with E-state index in [1.54, 1.807) is 0 Å². The van der Waals surface area contributed by atoms with Gasteiger partial charge in [-0.05, 0) is 42.9 Å². The fourth-order valence-corrected chi connectivity index (χ4v) is 4.21. The van der Waals surface area contributed by atoms with Crippen LogP contribution in [0.2, 0.25) is 0 Å². The second-order valence-corrected chi connectivity index (χ2v) is 8.45. The topological polar surface area (TPSA) is 149 Å². The van der Waals surface area contributed by atoms with Crippen molar-refractivity contribution >= 4 is 34.8 Å². The van der Waals surface area contributed by atoms with Crippen molar-refractivity contribution in [1.82, 2.24) is 10.3 Å². The second-order valence-electron chi connectivity index (χ2n) is 7.34. The van der Waals surface area contributed by atoms with E-state index in [1.165, 1.54) is 30.0 Å². The zero-order valence-corrected chi connectivity index (χ0v) is 18.2. The van der Waals surface area contributed by atoms with Crippen molar-refractivity contribution in [3.8, 4) is 0 Å². The van der Waals surface area contributed by atoms with Crippen molar-refractivity contribution < 1.29 is 9.59 Å². The molecule has 2 atom stereocenters. The number of nitrogens with zero attached hydrogens (tertiary/aromatic N) is 2. The first-order chi connectivity index (χ1) is 14.3. The van der Waals surface area contributed by atoms with Crippen LogP contribution in [-0.2, 0) is 17.6 Å². The van der Waals surface area contributed by atoms with Gasteiger partial charge in [0.15, 0.2) is 5.96 Å². The molecule has 2 amide bonds. The summed E-state index contributed by atoms with van der Waals surface area (Å²) in [5.74, 6) is -0.0697. The maximum Gasteiger partial charge on any atom is 0.260 e. The first kappa shape index (κ1) is 23.3. The molecule has 162 valence electrons. The number of aliphatic imine (C=N–C) groups is 1. The largest absolute Gasteiger partial charge is 0.370 e. The number of guanidine groups is 1. The lowest BCUT2D eigenvalue weighted by molar-refractivity contribution is -0.119. The van der Waals surface area contributed by atoms with Crippen LogP contribution in [-0.4, -0.2) is 28.8 Å². The van der Waals surface area contributed by atoms with Crippen LogP contribution in [0, 0.1) is 5.92 Å². The normalized spacial score (nSPS) is 12.7. The number of benzene rings is 1. The molecule has 0 bridgehead atoms. The molecular formula is C21H30N6O2S. The molecule has 0 radical (unpaired) electrons. The summed E-state index contributed by atoms with van der Waals surface area (Å²) in [4.78, 5) is 31.7. The molecule has 2 aromatic rings. The van der Waals surface area contributed by atoms with Crippen LogP contribution >= 0.6 is 11.3 Å². The molecule has 1 aromatic heterocycles. The Morgan fingerprint density at radius 3 is 2.43 bits per heavy atom. The summed E-state index contributed by atoms with van der Waals surface area (Å²) < 4.78 is 0. The highest BCUT2D eigenvalue weighted by Gasteiger charge is 2.19. The Balaban J connectivity index is 1.97. The number of amides is 2. The predicted molar refractivity (Wildman–Crippen MR) is 121 cm³/mol. The second kappa shape index (κ2) is 11.3. The van der Waals surface area contributed by atoms with Crippen molar-refractivity contribution in [3.63, 3.8) is 0 Å². The summed E-state index contributed by atoms with van der Waals surface area (Å²) in [6, 6.07) is 7.81. The van der Waals surface area contributed by atoms with Crippen molar-refractivity contribution in [3.05, 3.63) is 45.9 Å². The average molecular weight is 431 g/mol. The zero-order chi connectivity index (χ0) is 22.1. The minimum Gasteiger partial charge on any atom is -0.370 e. The van der Waals surface area contributed by atoms with Gasteiger partial charge in [0.1, 0.15) is 4.88 Å². The van der Waals surface area contributed by atoms with Crippen molar-refractivity contribution in [2.75, 3.05) is 0 Å². The lowest BCUT2D eigenvalue weighted by atomic mass is 9.90. The van der Waals surface area contributed by atoms with Crippen LogP contribution in [0.4, 0.5) is 5.69 Å². The van der Waals surface area contributed by atoms with Crippen LogP contribution < -0.4 is 22.5 Å². The molecule has 0 saturated carbocycles. The van der Waals surface area contributed by atoms with Crippen molar-refractivity contribution in [2.24, 2.45) is 28.1 Å². The molecule has 8 nitrogen and oxygen atoms in total. The van der Waals surface area contributed by atoms with E-state index >= 15 is 0 Å². The highest BCUT2D eigenvalue weighted by molar-refractivity contribution is 7.13. The summed E-state index contributed by atoms with van der Waals surface area (Å²) in [7, 11) is 0. The molecule has 1 aromatic carbocycles. The molecule has 1 heterocycles. The van der Waals surface area contributed by atoms with Crippen LogP contribution in [0.25, 0.3) is 0 Å². The van der Waals surface area contributed by atoms with Gasteiger partial charge in [-0.1, -0.05) is 25.5 Å². The smallest absolute Gasteiger partial charge is 0.260 e.